The van der Waals surface area contributed by atoms with Gasteiger partial charge in [0, 0.05) is 5.75 Å². The Morgan fingerprint density at radius 2 is 1.92 bits per heavy atom. The molecule has 0 N–H and O–H groups in total. The highest BCUT2D eigenvalue weighted by atomic mass is 32.2. The summed E-state index contributed by atoms with van der Waals surface area (Å²) in [7, 11) is 0. The Hall–Kier alpha value is -0.430. The number of rotatable bonds is 2. The molecule has 0 fully saturated rings. The van der Waals surface area contributed by atoms with Gasteiger partial charge in [-0.3, -0.25) is 0 Å². The van der Waals surface area contributed by atoms with Crippen molar-refractivity contribution in [3.8, 4) is 0 Å². The predicted octanol–water partition coefficient (Wildman–Crippen LogP) is 3.88. The van der Waals surface area contributed by atoms with Gasteiger partial charge in [-0.05, 0) is 18.7 Å². The minimum Gasteiger partial charge on any atom is -0.161 e. The molecule has 0 radical (unpaired) electrons. The summed E-state index contributed by atoms with van der Waals surface area (Å²) in [5.41, 5.74) is 2.78. The molecule has 1 rings (SSSR count). The van der Waals surface area contributed by atoms with Crippen molar-refractivity contribution in [2.75, 3.05) is 6.26 Å². The highest BCUT2D eigenvalue weighted by Crippen LogP contribution is 2.09. The summed E-state index contributed by atoms with van der Waals surface area (Å²) in [5, 5.41) is 0. The Labute approximate surface area is 80.4 Å². The van der Waals surface area contributed by atoms with Crippen LogP contribution in [0.2, 0.25) is 0 Å². The van der Waals surface area contributed by atoms with Crippen LogP contribution in [-0.2, 0) is 5.75 Å². The Kier molecular flexibility index (Phi) is 6.97. The molecule has 0 bridgehead atoms. The summed E-state index contributed by atoms with van der Waals surface area (Å²) in [4.78, 5) is 0. The maximum absolute atomic E-state index is 2.23. The molecule has 0 spiro atoms. The molecule has 0 saturated heterocycles. The second-order valence-corrected chi connectivity index (χ2v) is 3.29. The molecule has 0 atom stereocenters. The van der Waals surface area contributed by atoms with E-state index in [4.69, 9.17) is 0 Å². The van der Waals surface area contributed by atoms with Crippen molar-refractivity contribution >= 4 is 11.8 Å². The van der Waals surface area contributed by atoms with Gasteiger partial charge in [-0.15, -0.1) is 0 Å². The van der Waals surface area contributed by atoms with Gasteiger partial charge in [0.1, 0.15) is 0 Å². The molecule has 0 nitrogen and oxygen atoms in total. The molecule has 0 saturated carbocycles. The average molecular weight is 182 g/mol. The zero-order valence-electron chi connectivity index (χ0n) is 8.42. The molecule has 0 heterocycles. The standard InChI is InChI=1S/C9H12S.C2H6/c1-8-4-3-5-9(6-8)7-10-2;1-2/h3-6H,7H2,1-2H3;1-2H3. The Bertz CT molecular complexity index is 206. The zero-order chi connectivity index (χ0) is 9.40. The van der Waals surface area contributed by atoms with E-state index in [2.05, 4.69) is 37.4 Å². The van der Waals surface area contributed by atoms with E-state index in [1.165, 1.54) is 11.1 Å². The third kappa shape index (κ3) is 4.45. The molecule has 0 amide bonds. The molecule has 1 aromatic carbocycles. The first-order valence-electron chi connectivity index (χ1n) is 4.37. The molecule has 0 aliphatic carbocycles. The maximum Gasteiger partial charge on any atom is 0.0181 e. The van der Waals surface area contributed by atoms with Crippen molar-refractivity contribution in [1.82, 2.24) is 0 Å². The van der Waals surface area contributed by atoms with Crippen molar-refractivity contribution in [3.05, 3.63) is 35.4 Å². The van der Waals surface area contributed by atoms with Gasteiger partial charge in [0.05, 0.1) is 0 Å². The van der Waals surface area contributed by atoms with Crippen LogP contribution < -0.4 is 0 Å². The van der Waals surface area contributed by atoms with E-state index in [1.54, 1.807) is 0 Å². The van der Waals surface area contributed by atoms with Crippen LogP contribution in [0.3, 0.4) is 0 Å². The van der Waals surface area contributed by atoms with Crippen LogP contribution in [-0.4, -0.2) is 6.26 Å². The van der Waals surface area contributed by atoms with E-state index in [0.29, 0.717) is 0 Å². The lowest BCUT2D eigenvalue weighted by Gasteiger charge is -1.97. The minimum atomic E-state index is 1.13. The number of aryl methyl sites for hydroxylation is 1. The van der Waals surface area contributed by atoms with Crippen molar-refractivity contribution < 1.29 is 0 Å². The van der Waals surface area contributed by atoms with Crippen LogP contribution in [0.5, 0.6) is 0 Å². The van der Waals surface area contributed by atoms with Gasteiger partial charge in [-0.25, -0.2) is 0 Å². The SMILES string of the molecule is CC.CSCc1cccc(C)c1. The smallest absolute Gasteiger partial charge is 0.0181 e. The van der Waals surface area contributed by atoms with E-state index in [-0.39, 0.29) is 0 Å². The summed E-state index contributed by atoms with van der Waals surface area (Å²) in [6.45, 7) is 6.13. The summed E-state index contributed by atoms with van der Waals surface area (Å²) in [5.74, 6) is 1.13. The van der Waals surface area contributed by atoms with Gasteiger partial charge in [0.25, 0.3) is 0 Å². The third-order valence-corrected chi connectivity index (χ3v) is 2.02. The second kappa shape index (κ2) is 7.23. The molecule has 0 aliphatic rings. The minimum absolute atomic E-state index is 1.13. The van der Waals surface area contributed by atoms with Crippen LogP contribution in [0.1, 0.15) is 25.0 Å². The largest absolute Gasteiger partial charge is 0.161 e. The molecular formula is C11H18S. The highest BCUT2D eigenvalue weighted by molar-refractivity contribution is 7.97. The fraction of sp³-hybridized carbons (Fsp3) is 0.455. The lowest BCUT2D eigenvalue weighted by atomic mass is 10.2. The molecule has 1 aromatic rings. The summed E-state index contributed by atoms with van der Waals surface area (Å²) < 4.78 is 0. The van der Waals surface area contributed by atoms with Gasteiger partial charge in [0.15, 0.2) is 0 Å². The van der Waals surface area contributed by atoms with Crippen LogP contribution in [0.4, 0.5) is 0 Å². The Morgan fingerprint density at radius 3 is 2.42 bits per heavy atom. The average Bonchev–Trinajstić information content (AvgIpc) is 2.09. The first-order chi connectivity index (χ1) is 5.83. The normalized spacial score (nSPS) is 8.67. The summed E-state index contributed by atoms with van der Waals surface area (Å²) >= 11 is 1.86. The van der Waals surface area contributed by atoms with Gasteiger partial charge in [-0.2, -0.15) is 11.8 Å². The molecule has 0 unspecified atom stereocenters. The molecule has 1 heteroatoms. The monoisotopic (exact) mass is 182 g/mol. The molecule has 12 heavy (non-hydrogen) atoms. The van der Waals surface area contributed by atoms with Gasteiger partial charge in [-0.1, -0.05) is 43.7 Å². The summed E-state index contributed by atoms with van der Waals surface area (Å²) in [6.07, 6.45) is 2.13. The fourth-order valence-corrected chi connectivity index (χ4v) is 1.48. The summed E-state index contributed by atoms with van der Waals surface area (Å²) in [6, 6.07) is 8.64. The molecule has 68 valence electrons. The van der Waals surface area contributed by atoms with Gasteiger partial charge < -0.3 is 0 Å². The van der Waals surface area contributed by atoms with E-state index in [9.17, 15) is 0 Å². The van der Waals surface area contributed by atoms with Crippen LogP contribution in [0.15, 0.2) is 24.3 Å². The number of thioether (sulfide) groups is 1. The Balaban J connectivity index is 0.000000561. The van der Waals surface area contributed by atoms with Crippen molar-refractivity contribution in [1.29, 1.82) is 0 Å². The third-order valence-electron chi connectivity index (χ3n) is 1.39. The lowest BCUT2D eigenvalue weighted by Crippen LogP contribution is -1.79. The number of hydrogen-bond acceptors (Lipinski definition) is 1. The topological polar surface area (TPSA) is 0 Å². The Morgan fingerprint density at radius 1 is 1.25 bits per heavy atom. The number of hydrogen-bond donors (Lipinski definition) is 0. The van der Waals surface area contributed by atoms with E-state index < -0.39 is 0 Å². The van der Waals surface area contributed by atoms with Crippen LogP contribution >= 0.6 is 11.8 Å². The first kappa shape index (κ1) is 11.6. The number of benzene rings is 1. The molecule has 0 aromatic heterocycles. The first-order valence-corrected chi connectivity index (χ1v) is 5.77. The molecular weight excluding hydrogens is 164 g/mol. The van der Waals surface area contributed by atoms with E-state index >= 15 is 0 Å². The van der Waals surface area contributed by atoms with E-state index in [1.807, 2.05) is 25.6 Å². The van der Waals surface area contributed by atoms with Crippen molar-refractivity contribution in [3.63, 3.8) is 0 Å². The maximum atomic E-state index is 2.23. The predicted molar refractivity (Wildman–Crippen MR) is 59.7 cm³/mol. The van der Waals surface area contributed by atoms with Crippen LogP contribution in [0.25, 0.3) is 0 Å². The fourth-order valence-electron chi connectivity index (χ4n) is 0.969. The zero-order valence-corrected chi connectivity index (χ0v) is 9.24. The molecule has 0 aliphatic heterocycles. The second-order valence-electron chi connectivity index (χ2n) is 2.42. The quantitative estimate of drug-likeness (QED) is 0.669. The van der Waals surface area contributed by atoms with Crippen molar-refractivity contribution in [2.45, 2.75) is 26.5 Å². The van der Waals surface area contributed by atoms with Crippen molar-refractivity contribution in [2.24, 2.45) is 0 Å². The van der Waals surface area contributed by atoms with Crippen LogP contribution in [0, 0.1) is 6.92 Å². The van der Waals surface area contributed by atoms with E-state index in [0.717, 1.165) is 5.75 Å². The van der Waals surface area contributed by atoms with Gasteiger partial charge in [0.2, 0.25) is 0 Å². The van der Waals surface area contributed by atoms with Gasteiger partial charge >= 0.3 is 0 Å². The lowest BCUT2D eigenvalue weighted by molar-refractivity contribution is 1.36. The highest BCUT2D eigenvalue weighted by Gasteiger charge is 1.89.